The Morgan fingerprint density at radius 1 is 1.14 bits per heavy atom. The van der Waals surface area contributed by atoms with Gasteiger partial charge in [-0.2, -0.15) is 14.6 Å². The van der Waals surface area contributed by atoms with Gasteiger partial charge < -0.3 is 20.5 Å². The van der Waals surface area contributed by atoms with Gasteiger partial charge in [0, 0.05) is 29.9 Å². The summed E-state index contributed by atoms with van der Waals surface area (Å²) in [6.07, 6.45) is 8.22. The molecule has 0 aromatic carbocycles. The quantitative estimate of drug-likeness (QED) is 0.176. The number of aromatic nitrogens is 6. The van der Waals surface area contributed by atoms with E-state index in [1.807, 2.05) is 20.8 Å². The Bertz CT molecular complexity index is 1610. The van der Waals surface area contributed by atoms with Crippen LogP contribution in [0.25, 0.3) is 22.0 Å². The van der Waals surface area contributed by atoms with E-state index in [4.69, 9.17) is 15.2 Å². The fourth-order valence-corrected chi connectivity index (χ4v) is 5.66. The first-order valence-electron chi connectivity index (χ1n) is 14.4. The van der Waals surface area contributed by atoms with E-state index < -0.39 is 29.7 Å². The third-order valence-corrected chi connectivity index (χ3v) is 8.27. The molecule has 4 aromatic rings. The predicted molar refractivity (Wildman–Crippen MR) is 158 cm³/mol. The fourth-order valence-electron chi connectivity index (χ4n) is 4.88. The van der Waals surface area contributed by atoms with Crippen molar-refractivity contribution in [3.05, 3.63) is 53.6 Å². The van der Waals surface area contributed by atoms with E-state index in [9.17, 15) is 18.4 Å². The van der Waals surface area contributed by atoms with Gasteiger partial charge in [0.05, 0.1) is 24.0 Å². The first kappa shape index (κ1) is 31.3. The van der Waals surface area contributed by atoms with Crippen LogP contribution in [0.1, 0.15) is 63.0 Å². The molecule has 12 nitrogen and oxygen atoms in total. The highest BCUT2D eigenvalue weighted by atomic mass is 32.1. The number of carbonyl (C=O) groups is 2. The number of thiazole rings is 1. The number of hydrogen-bond donors (Lipinski definition) is 2. The van der Waals surface area contributed by atoms with Gasteiger partial charge in [-0.1, -0.05) is 13.8 Å². The third kappa shape index (κ3) is 7.17. The summed E-state index contributed by atoms with van der Waals surface area (Å²) in [4.78, 5) is 33.5. The van der Waals surface area contributed by atoms with Crippen LogP contribution in [0, 0.1) is 17.7 Å². The highest BCUT2D eigenvalue weighted by Crippen LogP contribution is 2.34. The van der Waals surface area contributed by atoms with Crippen LogP contribution < -0.4 is 11.1 Å². The molecule has 0 saturated heterocycles. The minimum atomic E-state index is -0.868. The van der Waals surface area contributed by atoms with Crippen molar-refractivity contribution in [3.63, 3.8) is 0 Å². The van der Waals surface area contributed by atoms with Crippen molar-refractivity contribution < 1.29 is 27.8 Å². The number of rotatable bonds is 11. The molecular weight excluding hydrogens is 594 g/mol. The van der Waals surface area contributed by atoms with Crippen LogP contribution in [0.15, 0.2) is 36.1 Å². The number of nitrogens with one attached hydrogen (secondary N) is 1. The summed E-state index contributed by atoms with van der Waals surface area (Å²) in [6.45, 7) is 6.14. The number of ether oxygens (including phenoxy) is 2. The standard InChI is InChI=1S/C29H34F2N8O4S/c1-4-42-19-7-5-18(6-8-19)39-13-21(26(37-39)25-20(30)9-10-23(31)36-25)34-27(40)22-14-44-28(35-22)17-11-33-38(12-17)15-43-29(41)24(32)16(2)3/h9-14,16,18-19,24H,4-8,15,32H2,1-3H3,(H,34,40)/t18?,19?,24-/m1/s1. The van der Waals surface area contributed by atoms with Crippen LogP contribution in [0.2, 0.25) is 0 Å². The van der Waals surface area contributed by atoms with E-state index in [-0.39, 0.29) is 47.6 Å². The Morgan fingerprint density at radius 3 is 2.64 bits per heavy atom. The largest absolute Gasteiger partial charge is 0.441 e. The minimum absolute atomic E-state index is 0.00414. The van der Waals surface area contributed by atoms with E-state index in [1.54, 1.807) is 22.5 Å². The number of halogens is 2. The van der Waals surface area contributed by atoms with Gasteiger partial charge in [-0.15, -0.1) is 11.3 Å². The van der Waals surface area contributed by atoms with Gasteiger partial charge >= 0.3 is 5.97 Å². The van der Waals surface area contributed by atoms with Crippen LogP contribution in [-0.2, 0) is 21.0 Å². The highest BCUT2D eigenvalue weighted by molar-refractivity contribution is 7.13. The van der Waals surface area contributed by atoms with Crippen molar-refractivity contribution in [2.75, 3.05) is 11.9 Å². The average Bonchev–Trinajstić information content (AvgIpc) is 3.77. The lowest BCUT2D eigenvalue weighted by atomic mass is 9.93. The van der Waals surface area contributed by atoms with Gasteiger partial charge in [0.25, 0.3) is 5.91 Å². The van der Waals surface area contributed by atoms with E-state index in [2.05, 4.69) is 25.5 Å². The van der Waals surface area contributed by atoms with Crippen molar-refractivity contribution in [2.45, 2.75) is 71.4 Å². The van der Waals surface area contributed by atoms with Gasteiger partial charge in [-0.3, -0.25) is 14.3 Å². The van der Waals surface area contributed by atoms with Crippen molar-refractivity contribution >= 4 is 28.9 Å². The third-order valence-electron chi connectivity index (χ3n) is 7.38. The Labute approximate surface area is 256 Å². The molecule has 3 N–H and O–H groups in total. The molecule has 1 amide bonds. The summed E-state index contributed by atoms with van der Waals surface area (Å²) < 4.78 is 42.9. The van der Waals surface area contributed by atoms with Gasteiger partial charge in [-0.25, -0.2) is 19.0 Å². The lowest BCUT2D eigenvalue weighted by Gasteiger charge is -2.28. The van der Waals surface area contributed by atoms with Gasteiger partial charge in [0.2, 0.25) is 5.95 Å². The molecule has 15 heteroatoms. The number of amides is 1. The van der Waals surface area contributed by atoms with Crippen LogP contribution in [-0.4, -0.2) is 60.2 Å². The number of pyridine rings is 1. The molecule has 1 fully saturated rings. The maximum absolute atomic E-state index is 14.8. The second kappa shape index (κ2) is 13.7. The first-order valence-corrected chi connectivity index (χ1v) is 15.3. The summed E-state index contributed by atoms with van der Waals surface area (Å²) in [7, 11) is 0. The molecule has 0 bridgehead atoms. The van der Waals surface area contributed by atoms with Crippen molar-refractivity contribution in [1.82, 2.24) is 29.5 Å². The van der Waals surface area contributed by atoms with Crippen LogP contribution in [0.3, 0.4) is 0 Å². The summed E-state index contributed by atoms with van der Waals surface area (Å²) >= 11 is 1.22. The molecule has 4 aromatic heterocycles. The molecule has 1 atom stereocenters. The van der Waals surface area contributed by atoms with Crippen molar-refractivity contribution in [3.8, 4) is 22.0 Å². The number of hydrogen-bond acceptors (Lipinski definition) is 10. The highest BCUT2D eigenvalue weighted by Gasteiger charge is 2.27. The zero-order valence-electron chi connectivity index (χ0n) is 24.6. The first-order chi connectivity index (χ1) is 21.1. The normalized spacial score (nSPS) is 17.5. The Morgan fingerprint density at radius 2 is 1.91 bits per heavy atom. The van der Waals surface area contributed by atoms with Gasteiger partial charge in [-0.05, 0) is 50.7 Å². The van der Waals surface area contributed by atoms with E-state index >= 15 is 0 Å². The van der Waals surface area contributed by atoms with E-state index in [1.165, 1.54) is 22.2 Å². The molecule has 5 rings (SSSR count). The minimum Gasteiger partial charge on any atom is -0.441 e. The second-order valence-electron chi connectivity index (χ2n) is 10.8. The molecule has 0 spiro atoms. The number of esters is 1. The monoisotopic (exact) mass is 628 g/mol. The zero-order valence-corrected chi connectivity index (χ0v) is 25.4. The molecule has 44 heavy (non-hydrogen) atoms. The fraction of sp³-hybridized carbons (Fsp3) is 0.448. The maximum Gasteiger partial charge on any atom is 0.324 e. The predicted octanol–water partition coefficient (Wildman–Crippen LogP) is 4.80. The summed E-state index contributed by atoms with van der Waals surface area (Å²) in [5.41, 5.74) is 6.44. The Hall–Kier alpha value is -4.08. The second-order valence-corrected chi connectivity index (χ2v) is 11.7. The summed E-state index contributed by atoms with van der Waals surface area (Å²) in [5, 5.41) is 13.6. The number of carbonyl (C=O) groups excluding carboxylic acids is 2. The summed E-state index contributed by atoms with van der Waals surface area (Å²) in [6, 6.07) is 1.16. The van der Waals surface area contributed by atoms with Gasteiger partial charge in [0.1, 0.15) is 28.1 Å². The molecule has 4 heterocycles. The van der Waals surface area contributed by atoms with E-state index in [0.717, 1.165) is 37.8 Å². The number of nitrogens with zero attached hydrogens (tertiary/aromatic N) is 6. The van der Waals surface area contributed by atoms with E-state index in [0.29, 0.717) is 17.2 Å². The Balaban J connectivity index is 1.32. The number of anilines is 1. The zero-order chi connectivity index (χ0) is 31.4. The SMILES string of the molecule is CCOC1CCC(n2cc(NC(=O)c3csc(-c4cnn(COC(=O)[C@H](N)C(C)C)c4)n3)c(-c3nc(F)ccc3F)n2)CC1. The number of nitrogens with two attached hydrogens (primary N) is 1. The molecule has 1 aliphatic carbocycles. The van der Waals surface area contributed by atoms with Crippen molar-refractivity contribution in [2.24, 2.45) is 11.7 Å². The average molecular weight is 629 g/mol. The van der Waals surface area contributed by atoms with Gasteiger partial charge in [0.15, 0.2) is 12.5 Å². The maximum atomic E-state index is 14.8. The Kier molecular flexibility index (Phi) is 9.76. The lowest BCUT2D eigenvalue weighted by molar-refractivity contribution is -0.150. The molecule has 0 radical (unpaired) electrons. The molecule has 0 unspecified atom stereocenters. The molecular formula is C29H34F2N8O4S. The molecule has 1 saturated carbocycles. The summed E-state index contributed by atoms with van der Waals surface area (Å²) in [5.74, 6) is -2.79. The lowest BCUT2D eigenvalue weighted by Crippen LogP contribution is -2.37. The van der Waals surface area contributed by atoms with Crippen LogP contribution in [0.5, 0.6) is 0 Å². The smallest absolute Gasteiger partial charge is 0.324 e. The van der Waals surface area contributed by atoms with Crippen LogP contribution in [0.4, 0.5) is 14.5 Å². The molecule has 234 valence electrons. The van der Waals surface area contributed by atoms with Crippen molar-refractivity contribution in [1.29, 1.82) is 0 Å². The topological polar surface area (TPSA) is 152 Å². The molecule has 1 aliphatic rings. The van der Waals surface area contributed by atoms with Crippen LogP contribution >= 0.6 is 11.3 Å². The molecule has 0 aliphatic heterocycles.